The Balaban J connectivity index is 2.40. The number of hydrogen-bond donors (Lipinski definition) is 1. The predicted molar refractivity (Wildman–Crippen MR) is 62.9 cm³/mol. The second-order valence-electron chi connectivity index (χ2n) is 3.36. The first-order chi connectivity index (χ1) is 8.22. The van der Waals surface area contributed by atoms with Crippen molar-refractivity contribution in [3.63, 3.8) is 0 Å². The minimum absolute atomic E-state index is 0.243. The summed E-state index contributed by atoms with van der Waals surface area (Å²) in [5, 5.41) is 0. The van der Waals surface area contributed by atoms with Crippen molar-refractivity contribution in [3.05, 3.63) is 48.0 Å². The number of ketones is 1. The van der Waals surface area contributed by atoms with E-state index >= 15 is 0 Å². The van der Waals surface area contributed by atoms with Crippen LogP contribution in [0, 0.1) is 0 Å². The molecule has 0 radical (unpaired) electrons. The Morgan fingerprint density at radius 2 is 2.12 bits per heavy atom. The van der Waals surface area contributed by atoms with Gasteiger partial charge in [0.15, 0.2) is 5.69 Å². The van der Waals surface area contributed by atoms with E-state index in [1.54, 1.807) is 24.3 Å². The van der Waals surface area contributed by atoms with Crippen LogP contribution < -0.4 is 10.5 Å². The van der Waals surface area contributed by atoms with Gasteiger partial charge in [-0.1, -0.05) is 0 Å². The molecule has 0 spiro atoms. The minimum atomic E-state index is -0.289. The molecular weight excluding hydrogens is 218 g/mol. The molecule has 2 aromatic rings. The number of methoxy groups -OCH3 is 1. The molecule has 0 aliphatic rings. The molecule has 0 atom stereocenters. The third-order valence-corrected chi connectivity index (χ3v) is 2.22. The molecule has 0 amide bonds. The van der Waals surface area contributed by atoms with Crippen LogP contribution in [0.2, 0.25) is 0 Å². The molecule has 2 rings (SSSR count). The second kappa shape index (κ2) is 4.61. The maximum Gasteiger partial charge on any atom is 0.233 e. The normalized spacial score (nSPS) is 9.94. The number of hydrogen-bond acceptors (Lipinski definition) is 5. The molecule has 17 heavy (non-hydrogen) atoms. The van der Waals surface area contributed by atoms with Crippen LogP contribution in [0.1, 0.15) is 16.2 Å². The number of anilines is 1. The van der Waals surface area contributed by atoms with Gasteiger partial charge in [-0.05, 0) is 24.3 Å². The van der Waals surface area contributed by atoms with Gasteiger partial charge in [0.1, 0.15) is 11.4 Å². The van der Waals surface area contributed by atoms with E-state index in [9.17, 15) is 4.79 Å². The quantitative estimate of drug-likeness (QED) is 0.802. The Bertz CT molecular complexity index is 538. The summed E-state index contributed by atoms with van der Waals surface area (Å²) >= 11 is 0. The summed E-state index contributed by atoms with van der Waals surface area (Å²) in [5.41, 5.74) is 6.55. The van der Waals surface area contributed by atoms with Crippen molar-refractivity contribution in [2.45, 2.75) is 0 Å². The third kappa shape index (κ3) is 2.23. The van der Waals surface area contributed by atoms with Gasteiger partial charge in [-0.15, -0.1) is 0 Å². The Morgan fingerprint density at radius 3 is 2.76 bits per heavy atom. The van der Waals surface area contributed by atoms with Crippen molar-refractivity contribution in [1.29, 1.82) is 0 Å². The summed E-state index contributed by atoms with van der Waals surface area (Å²) in [6, 6.07) is 6.56. The highest BCUT2D eigenvalue weighted by Crippen LogP contribution is 2.17. The van der Waals surface area contributed by atoms with Crippen LogP contribution in [-0.4, -0.2) is 22.9 Å². The number of carbonyl (C=O) groups is 1. The number of nitrogens with zero attached hydrogens (tertiary/aromatic N) is 2. The summed E-state index contributed by atoms with van der Waals surface area (Å²) in [6.07, 6.45) is 2.97. The highest BCUT2D eigenvalue weighted by Gasteiger charge is 2.16. The van der Waals surface area contributed by atoms with Crippen molar-refractivity contribution in [1.82, 2.24) is 9.97 Å². The predicted octanol–water partition coefficient (Wildman–Crippen LogP) is 1.30. The van der Waals surface area contributed by atoms with Gasteiger partial charge in [-0.25, -0.2) is 4.98 Å². The molecule has 0 aromatic carbocycles. The number of nitrogen functional groups attached to an aromatic ring is 1. The van der Waals surface area contributed by atoms with Crippen LogP contribution in [0.5, 0.6) is 5.75 Å². The number of carbonyl (C=O) groups excluding carboxylic acids is 1. The van der Waals surface area contributed by atoms with Crippen molar-refractivity contribution < 1.29 is 9.53 Å². The number of rotatable bonds is 3. The molecular formula is C12H11N3O2. The average Bonchev–Trinajstić information content (AvgIpc) is 2.39. The molecule has 0 saturated carbocycles. The summed E-state index contributed by atoms with van der Waals surface area (Å²) in [5.74, 6) is 0.138. The monoisotopic (exact) mass is 229 g/mol. The lowest BCUT2D eigenvalue weighted by atomic mass is 10.1. The number of pyridine rings is 2. The van der Waals surface area contributed by atoms with E-state index in [-0.39, 0.29) is 17.2 Å². The van der Waals surface area contributed by atoms with E-state index in [1.807, 2.05) is 0 Å². The summed E-state index contributed by atoms with van der Waals surface area (Å²) in [7, 11) is 1.49. The van der Waals surface area contributed by atoms with Crippen LogP contribution >= 0.6 is 0 Å². The Morgan fingerprint density at radius 1 is 1.29 bits per heavy atom. The smallest absolute Gasteiger partial charge is 0.233 e. The lowest BCUT2D eigenvalue weighted by Crippen LogP contribution is -2.08. The van der Waals surface area contributed by atoms with Crippen LogP contribution in [0.3, 0.4) is 0 Å². The van der Waals surface area contributed by atoms with Gasteiger partial charge in [-0.2, -0.15) is 0 Å². The molecule has 0 bridgehead atoms. The van der Waals surface area contributed by atoms with E-state index < -0.39 is 0 Å². The zero-order valence-electron chi connectivity index (χ0n) is 9.25. The molecule has 0 aliphatic heterocycles. The van der Waals surface area contributed by atoms with E-state index in [0.29, 0.717) is 11.4 Å². The molecule has 0 fully saturated rings. The van der Waals surface area contributed by atoms with Crippen LogP contribution in [0.15, 0.2) is 36.7 Å². The molecule has 5 nitrogen and oxygen atoms in total. The molecule has 0 aliphatic carbocycles. The molecule has 2 heterocycles. The van der Waals surface area contributed by atoms with Crippen LogP contribution in [0.25, 0.3) is 0 Å². The SMILES string of the molecule is COc1cccnc1C(=O)c1ccc(N)cn1. The Hall–Kier alpha value is -2.43. The summed E-state index contributed by atoms with van der Waals surface area (Å²) < 4.78 is 5.08. The lowest BCUT2D eigenvalue weighted by molar-refractivity contribution is 0.102. The molecule has 86 valence electrons. The summed E-state index contributed by atoms with van der Waals surface area (Å²) in [6.45, 7) is 0. The molecule has 5 heteroatoms. The van der Waals surface area contributed by atoms with Crippen molar-refractivity contribution in [2.75, 3.05) is 12.8 Å². The van der Waals surface area contributed by atoms with Gasteiger partial charge in [0, 0.05) is 6.20 Å². The fourth-order valence-corrected chi connectivity index (χ4v) is 1.39. The summed E-state index contributed by atoms with van der Waals surface area (Å²) in [4.78, 5) is 20.1. The Kier molecular flexibility index (Phi) is 3.00. The fraction of sp³-hybridized carbons (Fsp3) is 0.0833. The fourth-order valence-electron chi connectivity index (χ4n) is 1.39. The van der Waals surface area contributed by atoms with Crippen molar-refractivity contribution >= 4 is 11.5 Å². The van der Waals surface area contributed by atoms with E-state index in [2.05, 4.69) is 9.97 Å². The third-order valence-electron chi connectivity index (χ3n) is 2.22. The zero-order chi connectivity index (χ0) is 12.3. The first-order valence-electron chi connectivity index (χ1n) is 4.97. The molecule has 0 unspecified atom stereocenters. The van der Waals surface area contributed by atoms with Gasteiger partial charge in [0.2, 0.25) is 5.78 Å². The van der Waals surface area contributed by atoms with Gasteiger partial charge >= 0.3 is 0 Å². The maximum atomic E-state index is 12.1. The average molecular weight is 229 g/mol. The topological polar surface area (TPSA) is 78.1 Å². The van der Waals surface area contributed by atoms with Gasteiger partial charge in [0.25, 0.3) is 0 Å². The largest absolute Gasteiger partial charge is 0.494 e. The zero-order valence-corrected chi connectivity index (χ0v) is 9.25. The van der Waals surface area contributed by atoms with Gasteiger partial charge in [-0.3, -0.25) is 9.78 Å². The van der Waals surface area contributed by atoms with E-state index in [4.69, 9.17) is 10.5 Å². The first kappa shape index (κ1) is 11.1. The molecule has 2 aromatic heterocycles. The highest BCUT2D eigenvalue weighted by molar-refractivity contribution is 6.08. The number of nitrogens with two attached hydrogens (primary N) is 1. The number of aromatic nitrogens is 2. The van der Waals surface area contributed by atoms with Crippen molar-refractivity contribution in [3.8, 4) is 5.75 Å². The van der Waals surface area contributed by atoms with E-state index in [1.165, 1.54) is 19.5 Å². The first-order valence-corrected chi connectivity index (χ1v) is 4.97. The standard InChI is InChI=1S/C12H11N3O2/c1-17-10-3-2-6-14-11(10)12(16)9-5-4-8(13)7-15-9/h2-7H,13H2,1H3. The number of ether oxygens (including phenoxy) is 1. The van der Waals surface area contributed by atoms with Crippen molar-refractivity contribution in [2.24, 2.45) is 0 Å². The van der Waals surface area contributed by atoms with Crippen LogP contribution in [0.4, 0.5) is 5.69 Å². The lowest BCUT2D eigenvalue weighted by Gasteiger charge is -2.05. The Labute approximate surface area is 98.3 Å². The second-order valence-corrected chi connectivity index (χ2v) is 3.36. The van der Waals surface area contributed by atoms with Gasteiger partial charge in [0.05, 0.1) is 19.0 Å². The molecule has 0 saturated heterocycles. The molecule has 2 N–H and O–H groups in total. The minimum Gasteiger partial charge on any atom is -0.494 e. The highest BCUT2D eigenvalue weighted by atomic mass is 16.5. The maximum absolute atomic E-state index is 12.1. The van der Waals surface area contributed by atoms with E-state index in [0.717, 1.165) is 0 Å². The van der Waals surface area contributed by atoms with Crippen LogP contribution in [-0.2, 0) is 0 Å². The van der Waals surface area contributed by atoms with Gasteiger partial charge < -0.3 is 10.5 Å².